The van der Waals surface area contributed by atoms with Crippen molar-refractivity contribution in [1.82, 2.24) is 14.9 Å². The van der Waals surface area contributed by atoms with E-state index in [1.54, 1.807) is 6.07 Å². The standard InChI is InChI=1S/C20H28N4O3S2.HI/c1-3-21-20(22-14-17-6-4-5-16(2)13-17)23-15-18-7-8-19(28-18)29(25,26)24-9-11-27-12-10-24;/h4-8,13H,3,9-12,14-15H2,1-2H3,(H2,21,22,23);1H. The molecule has 1 aliphatic heterocycles. The summed E-state index contributed by atoms with van der Waals surface area (Å²) in [5, 5.41) is 6.52. The molecule has 0 aliphatic carbocycles. The van der Waals surface area contributed by atoms with Crippen molar-refractivity contribution < 1.29 is 13.2 Å². The quantitative estimate of drug-likeness (QED) is 0.307. The fourth-order valence-corrected chi connectivity index (χ4v) is 5.86. The van der Waals surface area contributed by atoms with Crippen LogP contribution >= 0.6 is 35.3 Å². The normalized spacial score (nSPS) is 15.5. The summed E-state index contributed by atoms with van der Waals surface area (Å²) < 4.78 is 32.6. The number of rotatable bonds is 7. The maximum atomic E-state index is 12.8. The van der Waals surface area contributed by atoms with Gasteiger partial charge in [-0.3, -0.25) is 0 Å². The lowest BCUT2D eigenvalue weighted by Gasteiger charge is -2.25. The number of nitrogens with one attached hydrogen (secondary N) is 2. The van der Waals surface area contributed by atoms with Gasteiger partial charge in [-0.2, -0.15) is 4.31 Å². The number of nitrogens with zero attached hydrogens (tertiary/aromatic N) is 2. The Morgan fingerprint density at radius 3 is 2.67 bits per heavy atom. The molecule has 0 unspecified atom stereocenters. The van der Waals surface area contributed by atoms with Crippen LogP contribution < -0.4 is 10.6 Å². The molecule has 0 saturated carbocycles. The minimum absolute atomic E-state index is 0. The Labute approximate surface area is 200 Å². The number of morpholine rings is 1. The minimum Gasteiger partial charge on any atom is -0.379 e. The topological polar surface area (TPSA) is 83.0 Å². The van der Waals surface area contributed by atoms with E-state index < -0.39 is 10.0 Å². The molecule has 0 atom stereocenters. The van der Waals surface area contributed by atoms with Crippen LogP contribution in [0.1, 0.15) is 22.9 Å². The van der Waals surface area contributed by atoms with Crippen LogP contribution in [0, 0.1) is 6.92 Å². The van der Waals surface area contributed by atoms with E-state index >= 15 is 0 Å². The third-order valence-electron chi connectivity index (χ3n) is 4.48. The van der Waals surface area contributed by atoms with Crippen molar-refractivity contribution in [3.8, 4) is 0 Å². The number of sulfonamides is 1. The zero-order chi connectivity index (χ0) is 20.7. The summed E-state index contributed by atoms with van der Waals surface area (Å²) in [5.41, 5.74) is 2.36. The number of benzene rings is 1. The van der Waals surface area contributed by atoms with Gasteiger partial charge in [0.15, 0.2) is 5.96 Å². The van der Waals surface area contributed by atoms with Gasteiger partial charge in [0.05, 0.1) is 26.3 Å². The van der Waals surface area contributed by atoms with Gasteiger partial charge in [0, 0.05) is 24.5 Å². The highest BCUT2D eigenvalue weighted by Gasteiger charge is 2.27. The average Bonchev–Trinajstić information content (AvgIpc) is 3.21. The fraction of sp³-hybridized carbons (Fsp3) is 0.450. The number of aryl methyl sites for hydroxylation is 1. The number of hydrogen-bond acceptors (Lipinski definition) is 5. The largest absolute Gasteiger partial charge is 0.379 e. The maximum absolute atomic E-state index is 12.8. The second-order valence-corrected chi connectivity index (χ2v) is 10.1. The van der Waals surface area contributed by atoms with Crippen LogP contribution in [0.25, 0.3) is 0 Å². The van der Waals surface area contributed by atoms with Gasteiger partial charge in [-0.05, 0) is 31.5 Å². The van der Waals surface area contributed by atoms with Crippen LogP contribution in [0.15, 0.2) is 45.6 Å². The molecule has 2 heterocycles. The first-order valence-corrected chi connectivity index (χ1v) is 12.0. The highest BCUT2D eigenvalue weighted by atomic mass is 127. The first-order chi connectivity index (χ1) is 14.0. The maximum Gasteiger partial charge on any atom is 0.252 e. The van der Waals surface area contributed by atoms with E-state index in [1.807, 2.05) is 19.1 Å². The van der Waals surface area contributed by atoms with Crippen molar-refractivity contribution >= 4 is 51.3 Å². The molecule has 1 aromatic heterocycles. The molecule has 0 radical (unpaired) electrons. The van der Waals surface area contributed by atoms with Gasteiger partial charge < -0.3 is 15.4 Å². The Hall–Kier alpha value is -1.21. The van der Waals surface area contributed by atoms with Crippen LogP contribution in [0.4, 0.5) is 0 Å². The number of thiophene rings is 1. The van der Waals surface area contributed by atoms with Crippen molar-refractivity contribution in [2.75, 3.05) is 32.8 Å². The molecule has 7 nitrogen and oxygen atoms in total. The predicted molar refractivity (Wildman–Crippen MR) is 132 cm³/mol. The molecule has 0 amide bonds. The summed E-state index contributed by atoms with van der Waals surface area (Å²) in [6, 6.07) is 11.8. The Morgan fingerprint density at radius 2 is 1.97 bits per heavy atom. The van der Waals surface area contributed by atoms with E-state index in [4.69, 9.17) is 4.74 Å². The van der Waals surface area contributed by atoms with Crippen molar-refractivity contribution in [1.29, 1.82) is 0 Å². The third-order valence-corrected chi connectivity index (χ3v) is 7.93. The number of halogens is 1. The molecule has 1 fully saturated rings. The van der Waals surface area contributed by atoms with E-state index in [1.165, 1.54) is 21.2 Å². The van der Waals surface area contributed by atoms with E-state index in [-0.39, 0.29) is 24.0 Å². The lowest BCUT2D eigenvalue weighted by Crippen LogP contribution is -2.40. The first kappa shape index (κ1) is 25.1. The van der Waals surface area contributed by atoms with E-state index in [2.05, 4.69) is 40.7 Å². The SMILES string of the molecule is CCNC(=NCc1cccc(C)c1)NCc1ccc(S(=O)(=O)N2CCOCC2)s1.I. The molecular weight excluding hydrogens is 535 g/mol. The molecule has 3 rings (SSSR count). The smallest absolute Gasteiger partial charge is 0.252 e. The second-order valence-electron chi connectivity index (χ2n) is 6.77. The van der Waals surface area contributed by atoms with Gasteiger partial charge in [-0.15, -0.1) is 35.3 Å². The first-order valence-electron chi connectivity index (χ1n) is 9.73. The summed E-state index contributed by atoms with van der Waals surface area (Å²) in [6.45, 7) is 7.64. The lowest BCUT2D eigenvalue weighted by molar-refractivity contribution is 0.0731. The molecule has 0 spiro atoms. The van der Waals surface area contributed by atoms with Gasteiger partial charge in [-0.25, -0.2) is 13.4 Å². The van der Waals surface area contributed by atoms with Crippen molar-refractivity contribution in [2.24, 2.45) is 4.99 Å². The molecule has 1 aliphatic rings. The molecule has 1 aromatic carbocycles. The van der Waals surface area contributed by atoms with Crippen molar-refractivity contribution in [3.05, 3.63) is 52.4 Å². The average molecular weight is 565 g/mol. The van der Waals surface area contributed by atoms with Crippen LogP contribution in [-0.2, 0) is 27.8 Å². The molecule has 10 heteroatoms. The molecule has 30 heavy (non-hydrogen) atoms. The van der Waals surface area contributed by atoms with E-state index in [0.717, 1.165) is 17.0 Å². The molecule has 2 N–H and O–H groups in total. The van der Waals surface area contributed by atoms with E-state index in [0.29, 0.717) is 49.6 Å². The van der Waals surface area contributed by atoms with Gasteiger partial charge in [0.1, 0.15) is 4.21 Å². The van der Waals surface area contributed by atoms with Gasteiger partial charge >= 0.3 is 0 Å². The van der Waals surface area contributed by atoms with Crippen molar-refractivity contribution in [3.63, 3.8) is 0 Å². The van der Waals surface area contributed by atoms with Gasteiger partial charge in [-0.1, -0.05) is 29.8 Å². The zero-order valence-corrected chi connectivity index (χ0v) is 21.2. The molecular formula is C20H29IN4O3S2. The summed E-state index contributed by atoms with van der Waals surface area (Å²) in [6.07, 6.45) is 0. The Balaban J connectivity index is 0.00000320. The number of guanidine groups is 1. The van der Waals surface area contributed by atoms with Crippen LogP contribution in [-0.4, -0.2) is 51.5 Å². The van der Waals surface area contributed by atoms with Crippen LogP contribution in [0.5, 0.6) is 0 Å². The Bertz CT molecular complexity index is 941. The predicted octanol–water partition coefficient (Wildman–Crippen LogP) is 2.95. The number of aliphatic imine (C=N–C) groups is 1. The number of ether oxygens (including phenoxy) is 1. The Morgan fingerprint density at radius 1 is 1.20 bits per heavy atom. The minimum atomic E-state index is -3.44. The van der Waals surface area contributed by atoms with E-state index in [9.17, 15) is 8.42 Å². The molecule has 2 aromatic rings. The monoisotopic (exact) mass is 564 g/mol. The molecule has 1 saturated heterocycles. The second kappa shape index (κ2) is 12.0. The Kier molecular flexibility index (Phi) is 10.0. The summed E-state index contributed by atoms with van der Waals surface area (Å²) in [4.78, 5) is 5.57. The highest BCUT2D eigenvalue weighted by Crippen LogP contribution is 2.25. The molecule has 166 valence electrons. The third kappa shape index (κ3) is 6.91. The summed E-state index contributed by atoms with van der Waals surface area (Å²) in [5.74, 6) is 0.708. The van der Waals surface area contributed by atoms with Crippen molar-refractivity contribution in [2.45, 2.75) is 31.1 Å². The highest BCUT2D eigenvalue weighted by molar-refractivity contribution is 14.0. The number of hydrogen-bond donors (Lipinski definition) is 2. The fourth-order valence-electron chi connectivity index (χ4n) is 3.00. The summed E-state index contributed by atoms with van der Waals surface area (Å²) in [7, 11) is -3.44. The van der Waals surface area contributed by atoms with Gasteiger partial charge in [0.25, 0.3) is 10.0 Å². The lowest BCUT2D eigenvalue weighted by atomic mass is 10.1. The van der Waals surface area contributed by atoms with Gasteiger partial charge in [0.2, 0.25) is 0 Å². The molecule has 0 bridgehead atoms. The van der Waals surface area contributed by atoms with Crippen LogP contribution in [0.2, 0.25) is 0 Å². The summed E-state index contributed by atoms with van der Waals surface area (Å²) >= 11 is 1.29. The zero-order valence-electron chi connectivity index (χ0n) is 17.3. The van der Waals surface area contributed by atoms with Crippen LogP contribution in [0.3, 0.4) is 0 Å².